The molecule has 0 saturated carbocycles. The molecule has 0 aromatic heterocycles. The SMILES string of the molecule is CC[Si](CC)(CC)OC(CN(Cc1cc(F)cc(F)c1)C(=O)O)c1c(Cl)cc(C#N)cc1Cl. The fourth-order valence-electron chi connectivity index (χ4n) is 3.78. The molecule has 2 rings (SSSR count). The third-order valence-electron chi connectivity index (χ3n) is 5.81. The molecule has 0 radical (unpaired) electrons. The summed E-state index contributed by atoms with van der Waals surface area (Å²) in [5.74, 6) is -1.59. The summed E-state index contributed by atoms with van der Waals surface area (Å²) in [6, 6.07) is 10.2. The van der Waals surface area contributed by atoms with Crippen molar-refractivity contribution in [3.63, 3.8) is 0 Å². The van der Waals surface area contributed by atoms with E-state index in [2.05, 4.69) is 0 Å². The molecular weight excluding hydrogens is 489 g/mol. The molecule has 2 aromatic carbocycles. The third-order valence-corrected chi connectivity index (χ3v) is 11.1. The van der Waals surface area contributed by atoms with Gasteiger partial charge in [0, 0.05) is 28.2 Å². The van der Waals surface area contributed by atoms with Crippen LogP contribution in [-0.2, 0) is 11.0 Å². The van der Waals surface area contributed by atoms with Crippen LogP contribution in [0.15, 0.2) is 30.3 Å². The average Bonchev–Trinajstić information content (AvgIpc) is 2.75. The number of carbonyl (C=O) groups is 1. The summed E-state index contributed by atoms with van der Waals surface area (Å²) >= 11 is 12.9. The normalized spacial score (nSPS) is 12.3. The molecule has 0 heterocycles. The van der Waals surface area contributed by atoms with Gasteiger partial charge >= 0.3 is 6.09 Å². The molecule has 1 N–H and O–H groups in total. The Morgan fingerprint density at radius 1 is 1.09 bits per heavy atom. The Hall–Kier alpha value is -2.18. The van der Waals surface area contributed by atoms with E-state index in [0.717, 1.165) is 41.2 Å². The number of rotatable bonds is 10. The Kier molecular flexibility index (Phi) is 9.67. The van der Waals surface area contributed by atoms with Gasteiger partial charge in [0.1, 0.15) is 11.6 Å². The zero-order valence-corrected chi connectivity index (χ0v) is 21.2. The van der Waals surface area contributed by atoms with Crippen LogP contribution in [0.2, 0.25) is 28.2 Å². The van der Waals surface area contributed by atoms with Crippen molar-refractivity contribution in [2.24, 2.45) is 0 Å². The molecule has 0 aliphatic heterocycles. The summed E-state index contributed by atoms with van der Waals surface area (Å²) in [6.45, 7) is 5.68. The molecule has 1 amide bonds. The number of hydrogen-bond acceptors (Lipinski definition) is 3. The lowest BCUT2D eigenvalue weighted by atomic mass is 10.1. The van der Waals surface area contributed by atoms with Crippen LogP contribution in [0.1, 0.15) is 43.6 Å². The second-order valence-electron chi connectivity index (χ2n) is 7.76. The van der Waals surface area contributed by atoms with Crippen LogP contribution in [0, 0.1) is 23.0 Å². The number of benzene rings is 2. The van der Waals surface area contributed by atoms with Gasteiger partial charge in [0.2, 0.25) is 0 Å². The van der Waals surface area contributed by atoms with Crippen molar-refractivity contribution in [2.45, 2.75) is 51.6 Å². The highest BCUT2D eigenvalue weighted by atomic mass is 35.5. The van der Waals surface area contributed by atoms with E-state index in [1.165, 1.54) is 12.1 Å². The van der Waals surface area contributed by atoms with Gasteiger partial charge in [0.15, 0.2) is 8.32 Å². The van der Waals surface area contributed by atoms with E-state index in [1.54, 1.807) is 0 Å². The van der Waals surface area contributed by atoms with Gasteiger partial charge in [-0.3, -0.25) is 0 Å². The van der Waals surface area contributed by atoms with Crippen molar-refractivity contribution >= 4 is 37.6 Å². The predicted molar refractivity (Wildman–Crippen MR) is 127 cm³/mol. The Bertz CT molecular complexity index is 993. The first-order valence-corrected chi connectivity index (χ1v) is 13.9. The summed E-state index contributed by atoms with van der Waals surface area (Å²) < 4.78 is 33.9. The zero-order valence-electron chi connectivity index (χ0n) is 18.7. The quantitative estimate of drug-likeness (QED) is 0.335. The minimum absolute atomic E-state index is 0.159. The summed E-state index contributed by atoms with van der Waals surface area (Å²) in [4.78, 5) is 13.1. The van der Waals surface area contributed by atoms with Crippen LogP contribution in [0.4, 0.5) is 13.6 Å². The van der Waals surface area contributed by atoms with Crippen molar-refractivity contribution in [1.29, 1.82) is 5.26 Å². The van der Waals surface area contributed by atoms with Crippen LogP contribution in [0.25, 0.3) is 0 Å². The number of hydrogen-bond donors (Lipinski definition) is 1. The summed E-state index contributed by atoms with van der Waals surface area (Å²) in [5.41, 5.74) is 0.819. The van der Waals surface area contributed by atoms with Crippen LogP contribution >= 0.6 is 23.2 Å². The molecule has 0 spiro atoms. The Morgan fingerprint density at radius 2 is 1.61 bits per heavy atom. The Labute approximate surface area is 203 Å². The van der Waals surface area contributed by atoms with Crippen LogP contribution in [0.3, 0.4) is 0 Å². The van der Waals surface area contributed by atoms with Crippen molar-refractivity contribution in [2.75, 3.05) is 6.54 Å². The summed E-state index contributed by atoms with van der Waals surface area (Å²) in [5, 5.41) is 19.4. The second kappa shape index (κ2) is 11.8. The molecule has 5 nitrogen and oxygen atoms in total. The maximum absolute atomic E-state index is 13.7. The predicted octanol–water partition coefficient (Wildman–Crippen LogP) is 7.39. The lowest BCUT2D eigenvalue weighted by molar-refractivity contribution is 0.0995. The van der Waals surface area contributed by atoms with Gasteiger partial charge in [-0.05, 0) is 48.0 Å². The number of nitriles is 1. The van der Waals surface area contributed by atoms with E-state index in [4.69, 9.17) is 27.6 Å². The topological polar surface area (TPSA) is 73.6 Å². The lowest BCUT2D eigenvalue weighted by Gasteiger charge is -2.36. The fraction of sp³-hybridized carbons (Fsp3) is 0.391. The highest BCUT2D eigenvalue weighted by Gasteiger charge is 2.35. The molecule has 0 saturated heterocycles. The fourth-order valence-corrected chi connectivity index (χ4v) is 7.31. The first kappa shape index (κ1) is 27.1. The van der Waals surface area contributed by atoms with Gasteiger partial charge in [-0.2, -0.15) is 5.26 Å². The van der Waals surface area contributed by atoms with E-state index in [-0.39, 0.29) is 34.3 Å². The largest absolute Gasteiger partial charge is 0.465 e. The van der Waals surface area contributed by atoms with Crippen molar-refractivity contribution < 1.29 is 23.1 Å². The lowest BCUT2D eigenvalue weighted by Crippen LogP contribution is -2.42. The molecule has 0 aliphatic rings. The van der Waals surface area contributed by atoms with Crippen LogP contribution < -0.4 is 0 Å². The number of amides is 1. The molecule has 0 fully saturated rings. The Morgan fingerprint density at radius 3 is 2.03 bits per heavy atom. The number of halogens is 4. The Balaban J connectivity index is 2.52. The molecule has 1 unspecified atom stereocenters. The van der Waals surface area contributed by atoms with E-state index >= 15 is 0 Å². The van der Waals surface area contributed by atoms with Crippen LogP contribution in [0.5, 0.6) is 0 Å². The van der Waals surface area contributed by atoms with Gasteiger partial charge in [-0.15, -0.1) is 0 Å². The molecule has 33 heavy (non-hydrogen) atoms. The van der Waals surface area contributed by atoms with E-state index in [9.17, 15) is 23.9 Å². The van der Waals surface area contributed by atoms with E-state index in [1.807, 2.05) is 26.8 Å². The molecule has 2 aromatic rings. The van der Waals surface area contributed by atoms with Crippen molar-refractivity contribution in [3.05, 3.63) is 68.7 Å². The molecular formula is C23H26Cl2F2N2O3Si. The van der Waals surface area contributed by atoms with Gasteiger partial charge < -0.3 is 14.4 Å². The highest BCUT2D eigenvalue weighted by Crippen LogP contribution is 2.38. The van der Waals surface area contributed by atoms with E-state index in [0.29, 0.717) is 5.56 Å². The summed E-state index contributed by atoms with van der Waals surface area (Å²) in [6.07, 6.45) is -2.11. The van der Waals surface area contributed by atoms with Crippen molar-refractivity contribution in [3.8, 4) is 6.07 Å². The first-order valence-electron chi connectivity index (χ1n) is 10.6. The molecule has 0 aliphatic carbocycles. The molecule has 10 heteroatoms. The summed E-state index contributed by atoms with van der Waals surface area (Å²) in [7, 11) is -2.26. The maximum Gasteiger partial charge on any atom is 0.407 e. The zero-order chi connectivity index (χ0) is 24.8. The second-order valence-corrected chi connectivity index (χ2v) is 13.3. The minimum atomic E-state index is -2.26. The smallest absolute Gasteiger partial charge is 0.407 e. The van der Waals surface area contributed by atoms with Gasteiger partial charge in [-0.25, -0.2) is 13.6 Å². The minimum Gasteiger partial charge on any atom is -0.465 e. The first-order chi connectivity index (χ1) is 15.6. The standard InChI is InChI=1S/C23H26Cl2F2N2O3Si/c1-4-33(5-2,6-3)32-21(22-19(24)9-15(12-28)10-20(22)25)14-29(23(30)31)13-16-7-17(26)11-18(27)8-16/h7-11,21H,4-6,13-14H2,1-3H3,(H,30,31). The number of carboxylic acid groups (broad SMARTS) is 1. The van der Waals surface area contributed by atoms with Crippen molar-refractivity contribution in [1.82, 2.24) is 4.90 Å². The third kappa shape index (κ3) is 6.90. The molecule has 178 valence electrons. The molecule has 1 atom stereocenters. The van der Waals surface area contributed by atoms with Gasteiger partial charge in [-0.1, -0.05) is 44.0 Å². The monoisotopic (exact) mass is 514 g/mol. The maximum atomic E-state index is 13.7. The number of nitrogens with zero attached hydrogens (tertiary/aromatic N) is 2. The average molecular weight is 515 g/mol. The molecule has 0 bridgehead atoms. The highest BCUT2D eigenvalue weighted by molar-refractivity contribution is 6.73. The van der Waals surface area contributed by atoms with Gasteiger partial charge in [0.05, 0.1) is 24.3 Å². The van der Waals surface area contributed by atoms with E-state index < -0.39 is 32.1 Å². The van der Waals surface area contributed by atoms with Crippen LogP contribution in [-0.4, -0.2) is 31.0 Å². The van der Waals surface area contributed by atoms with Gasteiger partial charge in [0.25, 0.3) is 0 Å².